The predicted octanol–water partition coefficient (Wildman–Crippen LogP) is 0.872. The molecule has 1 saturated carbocycles. The first kappa shape index (κ1) is 12.1. The van der Waals surface area contributed by atoms with Gasteiger partial charge in [0.05, 0.1) is 6.54 Å². The molecular formula is C13H23N5. The number of aromatic nitrogens is 3. The van der Waals surface area contributed by atoms with Gasteiger partial charge in [-0.2, -0.15) is 5.10 Å². The van der Waals surface area contributed by atoms with Gasteiger partial charge in [0.25, 0.3) is 0 Å². The zero-order chi connectivity index (χ0) is 12.6. The SMILES string of the molecule is CCn1ncnc1CN1CCNCC1(C)C1CC1. The van der Waals surface area contributed by atoms with Crippen LogP contribution in [0, 0.1) is 5.92 Å². The second-order valence-electron chi connectivity index (χ2n) is 5.72. The maximum atomic E-state index is 4.42. The van der Waals surface area contributed by atoms with Crippen LogP contribution in [-0.2, 0) is 13.1 Å². The minimum atomic E-state index is 0.308. The van der Waals surface area contributed by atoms with Crippen LogP contribution in [0.25, 0.3) is 0 Å². The average molecular weight is 249 g/mol. The van der Waals surface area contributed by atoms with Crippen molar-refractivity contribution in [3.05, 3.63) is 12.2 Å². The van der Waals surface area contributed by atoms with Gasteiger partial charge >= 0.3 is 0 Å². The number of nitrogens with zero attached hydrogens (tertiary/aromatic N) is 4. The Balaban J connectivity index is 1.77. The Kier molecular flexibility index (Phi) is 3.11. The molecule has 18 heavy (non-hydrogen) atoms. The predicted molar refractivity (Wildman–Crippen MR) is 70.1 cm³/mol. The summed E-state index contributed by atoms with van der Waals surface area (Å²) >= 11 is 0. The molecule has 1 aromatic rings. The van der Waals surface area contributed by atoms with Crippen molar-refractivity contribution in [2.75, 3.05) is 19.6 Å². The highest BCUT2D eigenvalue weighted by atomic mass is 15.4. The Morgan fingerprint density at radius 2 is 2.33 bits per heavy atom. The van der Waals surface area contributed by atoms with Crippen LogP contribution < -0.4 is 5.32 Å². The Hall–Kier alpha value is -0.940. The molecule has 0 aromatic carbocycles. The first-order chi connectivity index (χ1) is 8.74. The van der Waals surface area contributed by atoms with E-state index < -0.39 is 0 Å². The molecule has 1 unspecified atom stereocenters. The molecule has 3 rings (SSSR count). The van der Waals surface area contributed by atoms with Gasteiger partial charge in [0.15, 0.2) is 0 Å². The highest BCUT2D eigenvalue weighted by Crippen LogP contribution is 2.43. The molecule has 5 heteroatoms. The molecule has 1 aliphatic heterocycles. The molecule has 0 bridgehead atoms. The summed E-state index contributed by atoms with van der Waals surface area (Å²) in [4.78, 5) is 7.02. The normalized spacial score (nSPS) is 29.7. The molecule has 1 N–H and O–H groups in total. The number of nitrogens with one attached hydrogen (secondary N) is 1. The molecule has 0 radical (unpaired) electrons. The van der Waals surface area contributed by atoms with Crippen LogP contribution >= 0.6 is 0 Å². The van der Waals surface area contributed by atoms with E-state index in [4.69, 9.17) is 0 Å². The van der Waals surface area contributed by atoms with Crippen LogP contribution in [0.4, 0.5) is 0 Å². The zero-order valence-electron chi connectivity index (χ0n) is 11.4. The first-order valence-electron chi connectivity index (χ1n) is 7.06. The van der Waals surface area contributed by atoms with E-state index in [1.54, 1.807) is 6.33 Å². The van der Waals surface area contributed by atoms with Crippen molar-refractivity contribution < 1.29 is 0 Å². The molecule has 1 atom stereocenters. The van der Waals surface area contributed by atoms with Crippen LogP contribution in [0.15, 0.2) is 6.33 Å². The van der Waals surface area contributed by atoms with Crippen LogP contribution in [0.3, 0.4) is 0 Å². The van der Waals surface area contributed by atoms with Gasteiger partial charge in [0.2, 0.25) is 0 Å². The fourth-order valence-electron chi connectivity index (χ4n) is 3.14. The fourth-order valence-corrected chi connectivity index (χ4v) is 3.14. The number of hydrogen-bond acceptors (Lipinski definition) is 4. The topological polar surface area (TPSA) is 46.0 Å². The molecule has 0 amide bonds. The molecule has 2 fully saturated rings. The maximum Gasteiger partial charge on any atom is 0.141 e. The van der Waals surface area contributed by atoms with E-state index in [1.807, 2.05) is 4.68 Å². The summed E-state index contributed by atoms with van der Waals surface area (Å²) in [5.74, 6) is 1.97. The third-order valence-corrected chi connectivity index (χ3v) is 4.55. The minimum absolute atomic E-state index is 0.308. The van der Waals surface area contributed by atoms with E-state index in [0.29, 0.717) is 5.54 Å². The summed E-state index contributed by atoms with van der Waals surface area (Å²) in [6, 6.07) is 0. The second kappa shape index (κ2) is 4.63. The lowest BCUT2D eigenvalue weighted by molar-refractivity contribution is 0.0449. The van der Waals surface area contributed by atoms with E-state index in [-0.39, 0.29) is 0 Å². The first-order valence-corrected chi connectivity index (χ1v) is 7.06. The van der Waals surface area contributed by atoms with Crippen molar-refractivity contribution in [3.8, 4) is 0 Å². The van der Waals surface area contributed by atoms with Gasteiger partial charge < -0.3 is 5.32 Å². The van der Waals surface area contributed by atoms with Gasteiger partial charge in [0, 0.05) is 31.7 Å². The van der Waals surface area contributed by atoms with Gasteiger partial charge in [-0.25, -0.2) is 9.67 Å². The van der Waals surface area contributed by atoms with Crippen molar-refractivity contribution in [1.29, 1.82) is 0 Å². The maximum absolute atomic E-state index is 4.42. The average Bonchev–Trinajstić information content (AvgIpc) is 3.14. The van der Waals surface area contributed by atoms with E-state index in [9.17, 15) is 0 Å². The Morgan fingerprint density at radius 1 is 1.50 bits per heavy atom. The van der Waals surface area contributed by atoms with E-state index in [0.717, 1.165) is 44.5 Å². The Bertz CT molecular complexity index is 411. The third-order valence-electron chi connectivity index (χ3n) is 4.55. The largest absolute Gasteiger partial charge is 0.314 e. The number of piperazine rings is 1. The highest BCUT2D eigenvalue weighted by Gasteiger charge is 2.46. The molecule has 100 valence electrons. The summed E-state index contributed by atoms with van der Waals surface area (Å²) < 4.78 is 2.01. The quantitative estimate of drug-likeness (QED) is 0.860. The third kappa shape index (κ3) is 2.06. The van der Waals surface area contributed by atoms with Gasteiger partial charge in [0.1, 0.15) is 12.2 Å². The van der Waals surface area contributed by atoms with E-state index in [2.05, 4.69) is 34.1 Å². The Morgan fingerprint density at radius 3 is 3.06 bits per heavy atom. The monoisotopic (exact) mass is 249 g/mol. The molecule has 1 aromatic heterocycles. The molecule has 5 nitrogen and oxygen atoms in total. The lowest BCUT2D eigenvalue weighted by Gasteiger charge is -2.45. The summed E-state index contributed by atoms with van der Waals surface area (Å²) in [6.07, 6.45) is 4.44. The van der Waals surface area contributed by atoms with E-state index >= 15 is 0 Å². The Labute approximate surface area is 109 Å². The van der Waals surface area contributed by atoms with Crippen molar-refractivity contribution in [3.63, 3.8) is 0 Å². The zero-order valence-corrected chi connectivity index (χ0v) is 11.4. The number of aryl methyl sites for hydroxylation is 1. The smallest absolute Gasteiger partial charge is 0.141 e. The molecule has 0 spiro atoms. The number of rotatable bonds is 4. The molecule has 1 saturated heterocycles. The van der Waals surface area contributed by atoms with Gasteiger partial charge in [-0.3, -0.25) is 4.90 Å². The summed E-state index contributed by atoms with van der Waals surface area (Å²) in [6.45, 7) is 9.67. The van der Waals surface area contributed by atoms with Crippen molar-refractivity contribution in [1.82, 2.24) is 25.0 Å². The van der Waals surface area contributed by atoms with Crippen LogP contribution in [-0.4, -0.2) is 44.8 Å². The molecular weight excluding hydrogens is 226 g/mol. The van der Waals surface area contributed by atoms with E-state index in [1.165, 1.54) is 12.8 Å². The standard InChI is InChI=1S/C13H23N5/c1-3-18-12(15-10-16-18)8-17-7-6-14-9-13(17,2)11-4-5-11/h10-11,14H,3-9H2,1-2H3. The molecule has 1 aliphatic carbocycles. The number of hydrogen-bond donors (Lipinski definition) is 1. The molecule has 2 aliphatic rings. The van der Waals surface area contributed by atoms with Gasteiger partial charge in [-0.1, -0.05) is 0 Å². The lowest BCUT2D eigenvalue weighted by Crippen LogP contribution is -2.60. The highest BCUT2D eigenvalue weighted by molar-refractivity contribution is 5.04. The fraction of sp³-hybridized carbons (Fsp3) is 0.846. The lowest BCUT2D eigenvalue weighted by atomic mass is 9.91. The van der Waals surface area contributed by atoms with Crippen molar-refractivity contribution in [2.45, 2.75) is 45.3 Å². The summed E-state index contributed by atoms with van der Waals surface area (Å²) in [5, 5.41) is 7.82. The van der Waals surface area contributed by atoms with Crippen molar-refractivity contribution >= 4 is 0 Å². The van der Waals surface area contributed by atoms with Crippen LogP contribution in [0.2, 0.25) is 0 Å². The van der Waals surface area contributed by atoms with Crippen LogP contribution in [0.1, 0.15) is 32.5 Å². The summed E-state index contributed by atoms with van der Waals surface area (Å²) in [7, 11) is 0. The minimum Gasteiger partial charge on any atom is -0.314 e. The van der Waals surface area contributed by atoms with Crippen LogP contribution in [0.5, 0.6) is 0 Å². The van der Waals surface area contributed by atoms with Gasteiger partial charge in [-0.15, -0.1) is 0 Å². The van der Waals surface area contributed by atoms with Gasteiger partial charge in [-0.05, 0) is 32.6 Å². The molecule has 2 heterocycles. The summed E-state index contributed by atoms with van der Waals surface area (Å²) in [5.41, 5.74) is 0.308. The van der Waals surface area contributed by atoms with Crippen molar-refractivity contribution in [2.24, 2.45) is 5.92 Å². The second-order valence-corrected chi connectivity index (χ2v) is 5.72.